The van der Waals surface area contributed by atoms with Crippen LogP contribution in [0.4, 0.5) is 0 Å². The van der Waals surface area contributed by atoms with Crippen molar-refractivity contribution >= 4 is 11.3 Å². The van der Waals surface area contributed by atoms with Crippen LogP contribution in [0, 0.1) is 0 Å². The van der Waals surface area contributed by atoms with Crippen LogP contribution in [0.1, 0.15) is 43.7 Å². The monoisotopic (exact) mass is 238 g/mol. The summed E-state index contributed by atoms with van der Waals surface area (Å²) in [6, 6.07) is 2.81. The second kappa shape index (κ2) is 4.47. The molecule has 0 amide bonds. The molecule has 2 heterocycles. The molecule has 2 atom stereocenters. The number of nitrogens with two attached hydrogens (primary N) is 1. The summed E-state index contributed by atoms with van der Waals surface area (Å²) in [6.45, 7) is 8.78. The summed E-state index contributed by atoms with van der Waals surface area (Å²) in [5.74, 6) is 0. The highest BCUT2D eigenvalue weighted by Gasteiger charge is 2.28. The molecule has 2 N–H and O–H groups in total. The van der Waals surface area contributed by atoms with Gasteiger partial charge in [0, 0.05) is 29.5 Å². The number of rotatable bonds is 3. The Kier molecular flexibility index (Phi) is 3.38. The zero-order chi connectivity index (χ0) is 11.8. The van der Waals surface area contributed by atoms with Gasteiger partial charge in [0.15, 0.2) is 0 Å². The summed E-state index contributed by atoms with van der Waals surface area (Å²) >= 11 is 1.90. The van der Waals surface area contributed by atoms with Gasteiger partial charge in [0.05, 0.1) is 0 Å². The average Bonchev–Trinajstić information content (AvgIpc) is 2.71. The maximum Gasteiger partial charge on any atom is 0.0331 e. The second-order valence-corrected chi connectivity index (χ2v) is 6.20. The Morgan fingerprint density at radius 2 is 2.38 bits per heavy atom. The molecular formula is C13H22N2S. The zero-order valence-electron chi connectivity index (χ0n) is 10.5. The topological polar surface area (TPSA) is 29.3 Å². The first-order chi connectivity index (χ1) is 7.53. The van der Waals surface area contributed by atoms with Crippen LogP contribution in [0.15, 0.2) is 11.4 Å². The minimum Gasteiger partial charge on any atom is -0.324 e. The van der Waals surface area contributed by atoms with Crippen molar-refractivity contribution in [3.05, 3.63) is 21.9 Å². The largest absolute Gasteiger partial charge is 0.324 e. The van der Waals surface area contributed by atoms with Gasteiger partial charge in [-0.2, -0.15) is 0 Å². The fourth-order valence-corrected chi connectivity index (χ4v) is 3.32. The highest BCUT2D eigenvalue weighted by Crippen LogP contribution is 2.33. The molecule has 0 fully saturated rings. The molecule has 0 saturated carbocycles. The molecule has 2 unspecified atom stereocenters. The van der Waals surface area contributed by atoms with Crippen LogP contribution in [-0.2, 0) is 6.42 Å². The lowest BCUT2D eigenvalue weighted by molar-refractivity contribution is 0.157. The standard InChI is InChI=1S/C13H22N2S/c1-4-13(3,14)9-15-7-5-12-11(10(15)2)6-8-16-12/h6,8,10H,4-5,7,9,14H2,1-3H3. The normalized spacial score (nSPS) is 25.1. The average molecular weight is 238 g/mol. The van der Waals surface area contributed by atoms with E-state index in [1.165, 1.54) is 12.0 Å². The molecule has 0 bridgehead atoms. The van der Waals surface area contributed by atoms with E-state index in [2.05, 4.69) is 37.1 Å². The third kappa shape index (κ3) is 2.31. The molecule has 3 heteroatoms. The summed E-state index contributed by atoms with van der Waals surface area (Å²) in [5.41, 5.74) is 7.73. The van der Waals surface area contributed by atoms with Crippen molar-refractivity contribution in [1.82, 2.24) is 4.90 Å². The van der Waals surface area contributed by atoms with E-state index in [-0.39, 0.29) is 5.54 Å². The molecule has 0 aliphatic carbocycles. The predicted molar refractivity (Wildman–Crippen MR) is 70.9 cm³/mol. The Labute approximate surface area is 102 Å². The smallest absolute Gasteiger partial charge is 0.0331 e. The van der Waals surface area contributed by atoms with Gasteiger partial charge >= 0.3 is 0 Å². The molecule has 1 aromatic rings. The predicted octanol–water partition coefficient (Wildman–Crippen LogP) is 2.79. The summed E-state index contributed by atoms with van der Waals surface area (Å²) in [6.07, 6.45) is 2.23. The molecule has 16 heavy (non-hydrogen) atoms. The maximum absolute atomic E-state index is 6.27. The molecule has 0 saturated heterocycles. The van der Waals surface area contributed by atoms with E-state index >= 15 is 0 Å². The Balaban J connectivity index is 2.10. The molecule has 0 spiro atoms. The van der Waals surface area contributed by atoms with Gasteiger partial charge in [-0.3, -0.25) is 4.90 Å². The SMILES string of the molecule is CCC(C)(N)CN1CCc2sccc2C1C. The van der Waals surface area contributed by atoms with E-state index in [9.17, 15) is 0 Å². The maximum atomic E-state index is 6.27. The van der Waals surface area contributed by atoms with Crippen LogP contribution < -0.4 is 5.73 Å². The molecular weight excluding hydrogens is 216 g/mol. The third-order valence-electron chi connectivity index (χ3n) is 3.78. The summed E-state index contributed by atoms with van der Waals surface area (Å²) < 4.78 is 0. The summed E-state index contributed by atoms with van der Waals surface area (Å²) in [4.78, 5) is 4.09. The van der Waals surface area contributed by atoms with Crippen molar-refractivity contribution in [2.45, 2.75) is 45.2 Å². The molecule has 1 aliphatic rings. The Bertz CT molecular complexity index is 357. The summed E-state index contributed by atoms with van der Waals surface area (Å²) in [7, 11) is 0. The van der Waals surface area contributed by atoms with Crippen LogP contribution >= 0.6 is 11.3 Å². The van der Waals surface area contributed by atoms with Crippen molar-refractivity contribution in [2.24, 2.45) is 5.73 Å². The number of nitrogens with zero attached hydrogens (tertiary/aromatic N) is 1. The summed E-state index contributed by atoms with van der Waals surface area (Å²) in [5, 5.41) is 2.21. The highest BCUT2D eigenvalue weighted by atomic mass is 32.1. The van der Waals surface area contributed by atoms with Crippen LogP contribution in [-0.4, -0.2) is 23.5 Å². The molecule has 0 radical (unpaired) electrons. The first-order valence-electron chi connectivity index (χ1n) is 6.12. The van der Waals surface area contributed by atoms with E-state index in [1.807, 2.05) is 11.3 Å². The second-order valence-electron chi connectivity index (χ2n) is 5.20. The number of fused-ring (bicyclic) bond motifs is 1. The molecule has 2 rings (SSSR count). The lowest BCUT2D eigenvalue weighted by atomic mass is 9.95. The van der Waals surface area contributed by atoms with Gasteiger partial charge in [-0.1, -0.05) is 6.92 Å². The van der Waals surface area contributed by atoms with E-state index in [1.54, 1.807) is 4.88 Å². The lowest BCUT2D eigenvalue weighted by Gasteiger charge is -2.38. The van der Waals surface area contributed by atoms with Crippen molar-refractivity contribution in [3.8, 4) is 0 Å². The Morgan fingerprint density at radius 1 is 1.62 bits per heavy atom. The van der Waals surface area contributed by atoms with E-state index in [0.717, 1.165) is 19.5 Å². The first kappa shape index (κ1) is 12.1. The van der Waals surface area contributed by atoms with Gasteiger partial charge in [0.2, 0.25) is 0 Å². The van der Waals surface area contributed by atoms with Crippen molar-refractivity contribution < 1.29 is 0 Å². The lowest BCUT2D eigenvalue weighted by Crippen LogP contribution is -2.49. The molecule has 1 aliphatic heterocycles. The first-order valence-corrected chi connectivity index (χ1v) is 7.00. The number of hydrogen-bond acceptors (Lipinski definition) is 3. The minimum atomic E-state index is -0.0538. The van der Waals surface area contributed by atoms with Gasteiger partial charge in [-0.25, -0.2) is 0 Å². The fourth-order valence-electron chi connectivity index (χ4n) is 2.35. The molecule has 1 aromatic heterocycles. The van der Waals surface area contributed by atoms with Gasteiger partial charge in [0.1, 0.15) is 0 Å². The van der Waals surface area contributed by atoms with Crippen molar-refractivity contribution in [1.29, 1.82) is 0 Å². The van der Waals surface area contributed by atoms with Crippen LogP contribution in [0.5, 0.6) is 0 Å². The number of hydrogen-bond donors (Lipinski definition) is 1. The van der Waals surface area contributed by atoms with E-state index < -0.39 is 0 Å². The van der Waals surface area contributed by atoms with Crippen molar-refractivity contribution in [2.75, 3.05) is 13.1 Å². The van der Waals surface area contributed by atoms with E-state index in [0.29, 0.717) is 6.04 Å². The fraction of sp³-hybridized carbons (Fsp3) is 0.692. The number of thiophene rings is 1. The van der Waals surface area contributed by atoms with E-state index in [4.69, 9.17) is 5.73 Å². The van der Waals surface area contributed by atoms with Crippen molar-refractivity contribution in [3.63, 3.8) is 0 Å². The van der Waals surface area contributed by atoms with Gasteiger partial charge in [0.25, 0.3) is 0 Å². The van der Waals surface area contributed by atoms with Crippen LogP contribution in [0.25, 0.3) is 0 Å². The quantitative estimate of drug-likeness (QED) is 0.877. The Hall–Kier alpha value is -0.380. The minimum absolute atomic E-state index is 0.0538. The molecule has 2 nitrogen and oxygen atoms in total. The van der Waals surface area contributed by atoms with Crippen LogP contribution in [0.2, 0.25) is 0 Å². The Morgan fingerprint density at radius 3 is 3.06 bits per heavy atom. The van der Waals surface area contributed by atoms with Gasteiger partial charge < -0.3 is 5.73 Å². The van der Waals surface area contributed by atoms with Crippen LogP contribution in [0.3, 0.4) is 0 Å². The molecule has 0 aromatic carbocycles. The third-order valence-corrected chi connectivity index (χ3v) is 4.77. The van der Waals surface area contributed by atoms with Gasteiger partial charge in [-0.15, -0.1) is 11.3 Å². The highest BCUT2D eigenvalue weighted by molar-refractivity contribution is 7.10. The molecule has 90 valence electrons. The zero-order valence-corrected chi connectivity index (χ0v) is 11.3. The van der Waals surface area contributed by atoms with Gasteiger partial charge in [-0.05, 0) is 43.7 Å².